The van der Waals surface area contributed by atoms with Gasteiger partial charge in [-0.2, -0.15) is 0 Å². The van der Waals surface area contributed by atoms with Gasteiger partial charge in [-0.05, 0) is 37.5 Å². The zero-order valence-corrected chi connectivity index (χ0v) is 9.71. The molecule has 1 rings (SSSR count). The molecule has 0 saturated carbocycles. The molecule has 2 nitrogen and oxygen atoms in total. The molecule has 15 heavy (non-hydrogen) atoms. The summed E-state index contributed by atoms with van der Waals surface area (Å²) in [5, 5.41) is 0. The fourth-order valence-electron chi connectivity index (χ4n) is 1.56. The van der Waals surface area contributed by atoms with Crippen molar-refractivity contribution in [2.24, 2.45) is 5.73 Å². The topological polar surface area (TPSA) is 35.2 Å². The van der Waals surface area contributed by atoms with Gasteiger partial charge >= 0.3 is 0 Å². The van der Waals surface area contributed by atoms with Gasteiger partial charge in [0.25, 0.3) is 0 Å². The van der Waals surface area contributed by atoms with Crippen molar-refractivity contribution >= 4 is 0 Å². The van der Waals surface area contributed by atoms with Crippen molar-refractivity contribution in [3.05, 3.63) is 41.5 Å². The summed E-state index contributed by atoms with van der Waals surface area (Å²) in [7, 11) is 1.68. The van der Waals surface area contributed by atoms with Gasteiger partial charge in [-0.15, -0.1) is 6.58 Å². The molecule has 1 atom stereocenters. The summed E-state index contributed by atoms with van der Waals surface area (Å²) in [6.07, 6.45) is 0.812. The molecule has 0 fully saturated rings. The third-order valence-electron chi connectivity index (χ3n) is 2.43. The number of methoxy groups -OCH3 is 1. The third-order valence-corrected chi connectivity index (χ3v) is 2.43. The molecule has 2 heteroatoms. The molecule has 0 bridgehead atoms. The van der Waals surface area contributed by atoms with Crippen LogP contribution in [0.3, 0.4) is 0 Å². The zero-order chi connectivity index (χ0) is 11.4. The van der Waals surface area contributed by atoms with Gasteiger partial charge in [0.1, 0.15) is 5.75 Å². The Morgan fingerprint density at radius 2 is 2.20 bits per heavy atom. The number of hydrogen-bond acceptors (Lipinski definition) is 2. The Bertz CT molecular complexity index is 358. The lowest BCUT2D eigenvalue weighted by Gasteiger charge is -2.14. The first-order chi connectivity index (χ1) is 7.04. The van der Waals surface area contributed by atoms with Crippen molar-refractivity contribution in [3.8, 4) is 5.75 Å². The van der Waals surface area contributed by atoms with E-state index in [1.54, 1.807) is 7.11 Å². The molecular formula is C13H19NO. The van der Waals surface area contributed by atoms with Crippen LogP contribution in [0.15, 0.2) is 30.4 Å². The summed E-state index contributed by atoms with van der Waals surface area (Å²) in [6.45, 7) is 7.88. The predicted octanol–water partition coefficient (Wildman–Crippen LogP) is 2.97. The average Bonchev–Trinajstić information content (AvgIpc) is 2.17. The van der Waals surface area contributed by atoms with E-state index in [1.165, 1.54) is 0 Å². The Morgan fingerprint density at radius 1 is 1.53 bits per heavy atom. The van der Waals surface area contributed by atoms with Crippen molar-refractivity contribution in [1.82, 2.24) is 0 Å². The molecule has 0 unspecified atom stereocenters. The van der Waals surface area contributed by atoms with Crippen LogP contribution in [0.5, 0.6) is 5.75 Å². The summed E-state index contributed by atoms with van der Waals surface area (Å²) in [5.41, 5.74) is 9.38. The fourth-order valence-corrected chi connectivity index (χ4v) is 1.56. The van der Waals surface area contributed by atoms with E-state index in [1.807, 2.05) is 32.0 Å². The number of aryl methyl sites for hydroxylation is 1. The van der Waals surface area contributed by atoms with Crippen molar-refractivity contribution in [3.63, 3.8) is 0 Å². The largest absolute Gasteiger partial charge is 0.496 e. The predicted molar refractivity (Wildman–Crippen MR) is 64.1 cm³/mol. The molecule has 0 amide bonds. The lowest BCUT2D eigenvalue weighted by molar-refractivity contribution is 0.410. The molecule has 0 radical (unpaired) electrons. The molecule has 0 heterocycles. The van der Waals surface area contributed by atoms with Crippen LogP contribution < -0.4 is 10.5 Å². The molecule has 1 aromatic carbocycles. The van der Waals surface area contributed by atoms with Gasteiger partial charge in [0, 0.05) is 6.04 Å². The molecule has 0 aromatic heterocycles. The van der Waals surface area contributed by atoms with E-state index >= 15 is 0 Å². The van der Waals surface area contributed by atoms with E-state index in [0.717, 1.165) is 28.9 Å². The number of rotatable bonds is 4. The van der Waals surface area contributed by atoms with E-state index in [9.17, 15) is 0 Å². The normalized spacial score (nSPS) is 12.3. The van der Waals surface area contributed by atoms with Gasteiger partial charge in [0.2, 0.25) is 0 Å². The molecule has 0 aliphatic carbocycles. The van der Waals surface area contributed by atoms with Gasteiger partial charge in [-0.25, -0.2) is 0 Å². The molecule has 0 aliphatic rings. The van der Waals surface area contributed by atoms with Gasteiger partial charge in [0.05, 0.1) is 7.11 Å². The van der Waals surface area contributed by atoms with Crippen LogP contribution in [0.4, 0.5) is 0 Å². The maximum Gasteiger partial charge on any atom is 0.122 e. The highest BCUT2D eigenvalue weighted by Gasteiger charge is 2.08. The van der Waals surface area contributed by atoms with Gasteiger partial charge < -0.3 is 10.5 Å². The first kappa shape index (κ1) is 11.8. The average molecular weight is 205 g/mol. The lowest BCUT2D eigenvalue weighted by Crippen LogP contribution is -2.10. The Balaban J connectivity index is 2.90. The molecule has 1 aromatic rings. The van der Waals surface area contributed by atoms with E-state index in [0.29, 0.717) is 0 Å². The second-order valence-electron chi connectivity index (χ2n) is 4.00. The highest BCUT2D eigenvalue weighted by Crippen LogP contribution is 2.24. The van der Waals surface area contributed by atoms with E-state index in [4.69, 9.17) is 10.5 Å². The maximum absolute atomic E-state index is 6.05. The molecule has 82 valence electrons. The lowest BCUT2D eigenvalue weighted by atomic mass is 10.00. The minimum atomic E-state index is 0.0111. The van der Waals surface area contributed by atoms with Crippen LogP contribution in [-0.4, -0.2) is 7.11 Å². The van der Waals surface area contributed by atoms with Crippen LogP contribution >= 0.6 is 0 Å². The fraction of sp³-hybridized carbons (Fsp3) is 0.385. The Kier molecular flexibility index (Phi) is 3.92. The van der Waals surface area contributed by atoms with Crippen LogP contribution in [0.1, 0.15) is 30.5 Å². The quantitative estimate of drug-likeness (QED) is 0.767. The van der Waals surface area contributed by atoms with Crippen molar-refractivity contribution in [2.45, 2.75) is 26.3 Å². The van der Waals surface area contributed by atoms with E-state index in [-0.39, 0.29) is 6.04 Å². The smallest absolute Gasteiger partial charge is 0.122 e. The minimum absolute atomic E-state index is 0.0111. The first-order valence-corrected chi connectivity index (χ1v) is 5.09. The maximum atomic E-state index is 6.05. The second kappa shape index (κ2) is 4.99. The van der Waals surface area contributed by atoms with E-state index in [2.05, 4.69) is 6.58 Å². The zero-order valence-electron chi connectivity index (χ0n) is 9.71. The first-order valence-electron chi connectivity index (χ1n) is 5.09. The van der Waals surface area contributed by atoms with Crippen molar-refractivity contribution < 1.29 is 4.74 Å². The molecule has 0 spiro atoms. The molecule has 2 N–H and O–H groups in total. The highest BCUT2D eigenvalue weighted by molar-refractivity contribution is 5.38. The van der Waals surface area contributed by atoms with Crippen LogP contribution in [0, 0.1) is 6.92 Å². The second-order valence-corrected chi connectivity index (χ2v) is 4.00. The number of nitrogens with two attached hydrogens (primary N) is 1. The summed E-state index contributed by atoms with van der Waals surface area (Å²) in [4.78, 5) is 0. The SMILES string of the molecule is C=C(C)C[C@H](N)c1ccc(C)c(OC)c1. The van der Waals surface area contributed by atoms with Crippen molar-refractivity contribution in [2.75, 3.05) is 7.11 Å². The molecule has 0 saturated heterocycles. The van der Waals surface area contributed by atoms with Crippen LogP contribution in [0.25, 0.3) is 0 Å². The highest BCUT2D eigenvalue weighted by atomic mass is 16.5. The summed E-state index contributed by atoms with van der Waals surface area (Å²) < 4.78 is 5.26. The van der Waals surface area contributed by atoms with Gasteiger partial charge in [-0.3, -0.25) is 0 Å². The van der Waals surface area contributed by atoms with Gasteiger partial charge in [-0.1, -0.05) is 17.7 Å². The molecule has 0 aliphatic heterocycles. The summed E-state index contributed by atoms with van der Waals surface area (Å²) in [5.74, 6) is 0.893. The van der Waals surface area contributed by atoms with Crippen LogP contribution in [-0.2, 0) is 0 Å². The number of ether oxygens (including phenoxy) is 1. The van der Waals surface area contributed by atoms with E-state index < -0.39 is 0 Å². The Morgan fingerprint density at radius 3 is 2.73 bits per heavy atom. The third kappa shape index (κ3) is 3.10. The number of benzene rings is 1. The minimum Gasteiger partial charge on any atom is -0.496 e. The van der Waals surface area contributed by atoms with Crippen LogP contribution in [0.2, 0.25) is 0 Å². The Hall–Kier alpha value is -1.28. The summed E-state index contributed by atoms with van der Waals surface area (Å²) in [6, 6.07) is 6.10. The van der Waals surface area contributed by atoms with Gasteiger partial charge in [0.15, 0.2) is 0 Å². The monoisotopic (exact) mass is 205 g/mol. The Labute approximate surface area is 91.7 Å². The summed E-state index contributed by atoms with van der Waals surface area (Å²) >= 11 is 0. The standard InChI is InChI=1S/C13H19NO/c1-9(2)7-12(14)11-6-5-10(3)13(8-11)15-4/h5-6,8,12H,1,7,14H2,2-4H3/t12-/m0/s1. The number of hydrogen-bond donors (Lipinski definition) is 1. The van der Waals surface area contributed by atoms with Crippen molar-refractivity contribution in [1.29, 1.82) is 0 Å². The molecular weight excluding hydrogens is 186 g/mol.